The van der Waals surface area contributed by atoms with Crippen molar-refractivity contribution in [2.45, 2.75) is 149 Å². The molecule has 368 valence electrons. The molecule has 0 saturated heterocycles. The van der Waals surface area contributed by atoms with Crippen LogP contribution in [-0.4, -0.2) is 29.3 Å². The van der Waals surface area contributed by atoms with E-state index in [0.29, 0.717) is 5.52 Å². The number of hydrogen-bond donors (Lipinski definition) is 1. The Bertz CT molecular complexity index is 2710. The molecular weight excluding hydrogens is 924 g/mol. The average Bonchev–Trinajstić information content (AvgIpc) is 4.08. The molecule has 0 fully saturated rings. The Morgan fingerprint density at radius 2 is 1.00 bits per heavy atom. The maximum atomic E-state index is 11.8. The Hall–Kier alpha value is -5.15. The molecule has 8 rings (SSSR count). The lowest BCUT2D eigenvalue weighted by molar-refractivity contribution is 0.0696. The van der Waals surface area contributed by atoms with Crippen LogP contribution in [0.1, 0.15) is 165 Å². The van der Waals surface area contributed by atoms with E-state index in [1.807, 2.05) is 28.7 Å². The Kier molecular flexibility index (Phi) is 18.1. The van der Waals surface area contributed by atoms with Crippen molar-refractivity contribution in [1.29, 1.82) is 0 Å². The van der Waals surface area contributed by atoms with E-state index < -0.39 is 5.97 Å². The fourth-order valence-electron chi connectivity index (χ4n) is 10.1. The average molecular weight is 996 g/mol. The maximum Gasteiger partial charge on any atom is 0.338 e. The first kappa shape index (κ1) is 51.2. The van der Waals surface area contributed by atoms with Crippen LogP contribution < -0.4 is 14.4 Å². The molecule has 0 bridgehead atoms. The third-order valence-electron chi connectivity index (χ3n) is 14.0. The van der Waals surface area contributed by atoms with E-state index in [2.05, 4.69) is 135 Å². The van der Waals surface area contributed by atoms with E-state index >= 15 is 0 Å². The van der Waals surface area contributed by atoms with Crippen molar-refractivity contribution in [3.05, 3.63) is 131 Å². The highest BCUT2D eigenvalue weighted by atomic mass is 35.5. The monoisotopic (exact) mass is 994 g/mol. The summed E-state index contributed by atoms with van der Waals surface area (Å²) in [5.41, 5.74) is 9.19. The number of unbranched alkanes of at least 4 members (excludes halogenated alkanes) is 12. The fraction of sp³-hybridized carbons (Fsp3) is 0.410. The Balaban J connectivity index is 1.13. The lowest BCUT2D eigenvalue weighted by Crippen LogP contribution is -2.25. The fourth-order valence-corrected chi connectivity index (χ4v) is 13.0. The lowest BCUT2D eigenvalue weighted by atomic mass is 9.71. The molecule has 9 heteroatoms. The number of benzene rings is 4. The van der Waals surface area contributed by atoms with Gasteiger partial charge >= 0.3 is 5.97 Å². The molecule has 0 unspecified atom stereocenters. The van der Waals surface area contributed by atoms with Gasteiger partial charge in [0.15, 0.2) is 0 Å². The number of pyridine rings is 1. The highest BCUT2D eigenvalue weighted by molar-refractivity contribution is 7.25. The molecule has 0 radical (unpaired) electrons. The first-order valence-corrected chi connectivity index (χ1v) is 28.3. The number of aromatic nitrogens is 1. The van der Waals surface area contributed by atoms with Crippen molar-refractivity contribution >= 4 is 68.2 Å². The summed E-state index contributed by atoms with van der Waals surface area (Å²) in [6.45, 7) is 10.5. The number of anilines is 3. The summed E-state index contributed by atoms with van der Waals surface area (Å²) in [5, 5.41) is 10.5. The number of hydrogen-bond acceptors (Lipinski definition) is 7. The highest BCUT2D eigenvalue weighted by Gasteiger charge is 2.45. The van der Waals surface area contributed by atoms with Gasteiger partial charge in [-0.05, 0) is 133 Å². The molecule has 3 aromatic heterocycles. The lowest BCUT2D eigenvalue weighted by Gasteiger charge is -2.31. The molecule has 0 amide bonds. The quantitative estimate of drug-likeness (QED) is 0.0389. The van der Waals surface area contributed by atoms with E-state index in [4.69, 9.17) is 21.1 Å². The van der Waals surface area contributed by atoms with Crippen molar-refractivity contribution in [2.75, 3.05) is 18.1 Å². The number of rotatable bonds is 28. The van der Waals surface area contributed by atoms with Gasteiger partial charge < -0.3 is 19.5 Å². The first-order chi connectivity index (χ1) is 34.3. The van der Waals surface area contributed by atoms with Gasteiger partial charge in [-0.2, -0.15) is 0 Å². The summed E-state index contributed by atoms with van der Waals surface area (Å²) in [7, 11) is 0. The van der Waals surface area contributed by atoms with Crippen LogP contribution in [-0.2, 0) is 5.41 Å². The largest absolute Gasteiger partial charge is 0.494 e. The number of carbonyl (C=O) groups is 1. The van der Waals surface area contributed by atoms with Gasteiger partial charge in [-0.3, -0.25) is 0 Å². The minimum Gasteiger partial charge on any atom is -0.494 e. The van der Waals surface area contributed by atoms with Crippen molar-refractivity contribution in [2.24, 2.45) is 0 Å². The third kappa shape index (κ3) is 11.9. The Morgan fingerprint density at radius 3 is 1.47 bits per heavy atom. The highest BCUT2D eigenvalue weighted by Crippen LogP contribution is 2.61. The second kappa shape index (κ2) is 24.8. The van der Waals surface area contributed by atoms with Gasteiger partial charge in [0.05, 0.1) is 24.3 Å². The molecule has 70 heavy (non-hydrogen) atoms. The standard InChI is InChI=1S/C61H71ClN2O4S2/c1-5-9-13-17-35-61(36-18-14-10-6-2)52-41-55(69-57(52)58-53(61)42-56(70-58)45-22-21-44-39-51(60(65)66)59(62)63-54(44)40-45)43-23-25-46(26-24-43)64(47-27-31-49(32-28-47)67-37-19-15-11-7-3)48-29-33-50(34-30-48)68-38-20-16-12-8-4/h21-34,39-42H,5-20,35-38H2,1-4H3,(H,65,66). The van der Waals surface area contributed by atoms with Crippen molar-refractivity contribution in [3.8, 4) is 42.1 Å². The second-order valence-electron chi connectivity index (χ2n) is 19.1. The molecule has 1 aliphatic rings. The third-order valence-corrected chi connectivity index (χ3v) is 16.9. The number of aromatic carboxylic acids is 1. The predicted molar refractivity (Wildman–Crippen MR) is 298 cm³/mol. The van der Waals surface area contributed by atoms with Gasteiger partial charge in [0.25, 0.3) is 0 Å². The van der Waals surface area contributed by atoms with E-state index in [-0.39, 0.29) is 16.1 Å². The maximum absolute atomic E-state index is 11.8. The van der Waals surface area contributed by atoms with Crippen LogP contribution in [0.15, 0.2) is 109 Å². The van der Waals surface area contributed by atoms with Crippen LogP contribution in [0.4, 0.5) is 17.1 Å². The van der Waals surface area contributed by atoms with Crippen molar-refractivity contribution in [1.82, 2.24) is 4.98 Å². The van der Waals surface area contributed by atoms with Gasteiger partial charge in [0, 0.05) is 47.4 Å². The molecule has 0 spiro atoms. The molecule has 6 nitrogen and oxygen atoms in total. The van der Waals surface area contributed by atoms with Crippen LogP contribution in [0.2, 0.25) is 5.15 Å². The first-order valence-electron chi connectivity index (χ1n) is 26.3. The summed E-state index contributed by atoms with van der Waals surface area (Å²) < 4.78 is 12.3. The minimum atomic E-state index is -1.07. The van der Waals surface area contributed by atoms with Gasteiger partial charge in [0.1, 0.15) is 16.7 Å². The van der Waals surface area contributed by atoms with Crippen LogP contribution in [0, 0.1) is 0 Å². The Labute approximate surface area is 430 Å². The molecule has 0 atom stereocenters. The molecule has 1 aliphatic carbocycles. The minimum absolute atomic E-state index is 0.0145. The number of halogens is 1. The number of fused-ring (bicyclic) bond motifs is 4. The summed E-state index contributed by atoms with van der Waals surface area (Å²) in [6, 6.07) is 39.0. The van der Waals surface area contributed by atoms with E-state index in [0.717, 1.165) is 78.4 Å². The number of carboxylic acid groups (broad SMARTS) is 1. The smallest absolute Gasteiger partial charge is 0.338 e. The molecule has 1 N–H and O–H groups in total. The van der Waals surface area contributed by atoms with E-state index in [9.17, 15) is 9.90 Å². The van der Waals surface area contributed by atoms with Crippen LogP contribution in [0.25, 0.3) is 41.5 Å². The van der Waals surface area contributed by atoms with Gasteiger partial charge in [-0.1, -0.05) is 153 Å². The SMILES string of the molecule is CCCCCCOc1ccc(N(c2ccc(OCCCCCC)cc2)c2ccc(-c3cc4c(s3)-c3sc(-c5ccc6cc(C(=O)O)c(Cl)nc6c5)cc3C4(CCCCCC)CCCCCC)cc2)cc1. The number of carboxylic acids is 1. The molecule has 0 saturated carbocycles. The second-order valence-corrected chi connectivity index (χ2v) is 21.6. The summed E-state index contributed by atoms with van der Waals surface area (Å²) in [4.78, 5) is 24.0. The topological polar surface area (TPSA) is 71.9 Å². The molecular formula is C61H71ClN2O4S2. The summed E-state index contributed by atoms with van der Waals surface area (Å²) in [5.74, 6) is 0.726. The van der Waals surface area contributed by atoms with E-state index in [1.54, 1.807) is 6.07 Å². The zero-order valence-electron chi connectivity index (χ0n) is 41.8. The molecule has 7 aromatic rings. The zero-order chi connectivity index (χ0) is 48.9. The van der Waals surface area contributed by atoms with Crippen LogP contribution in [0.3, 0.4) is 0 Å². The number of thiophene rings is 2. The zero-order valence-corrected chi connectivity index (χ0v) is 44.2. The van der Waals surface area contributed by atoms with Crippen molar-refractivity contribution < 1.29 is 19.4 Å². The number of nitrogens with zero attached hydrogens (tertiary/aromatic N) is 2. The van der Waals surface area contributed by atoms with Gasteiger partial charge in [-0.25, -0.2) is 9.78 Å². The van der Waals surface area contributed by atoms with E-state index in [1.165, 1.54) is 126 Å². The van der Waals surface area contributed by atoms with Gasteiger partial charge in [-0.15, -0.1) is 22.7 Å². The Morgan fingerprint density at radius 1 is 0.557 bits per heavy atom. The van der Waals surface area contributed by atoms with Crippen LogP contribution >= 0.6 is 34.3 Å². The molecule has 3 heterocycles. The molecule has 0 aliphatic heterocycles. The van der Waals surface area contributed by atoms with Crippen LogP contribution in [0.5, 0.6) is 11.5 Å². The predicted octanol–water partition coefficient (Wildman–Crippen LogP) is 19.6. The number of ether oxygens (including phenoxy) is 2. The summed E-state index contributed by atoms with van der Waals surface area (Å²) >= 11 is 10.2. The van der Waals surface area contributed by atoms with Gasteiger partial charge in [0.2, 0.25) is 0 Å². The summed E-state index contributed by atoms with van der Waals surface area (Å²) in [6.07, 6.45) is 21.5. The van der Waals surface area contributed by atoms with Crippen molar-refractivity contribution in [3.63, 3.8) is 0 Å². The normalized spacial score (nSPS) is 12.6. The molecule has 4 aromatic carbocycles.